The van der Waals surface area contributed by atoms with Crippen molar-refractivity contribution < 1.29 is 28.1 Å². The number of fused-ring (bicyclic) bond motifs is 1. The lowest BCUT2D eigenvalue weighted by molar-refractivity contribution is 0.0233. The maximum atomic E-state index is 13.9. The molecule has 6 nitrogen and oxygen atoms in total. The monoisotopic (exact) mass is 531 g/mol. The van der Waals surface area contributed by atoms with E-state index in [4.69, 9.17) is 10.5 Å². The first-order chi connectivity index (χ1) is 18.3. The molecule has 1 atom stereocenters. The van der Waals surface area contributed by atoms with E-state index in [9.17, 15) is 23.4 Å². The van der Waals surface area contributed by atoms with Crippen LogP contribution < -0.4 is 10.5 Å². The van der Waals surface area contributed by atoms with Crippen molar-refractivity contribution in [3.8, 4) is 5.75 Å². The van der Waals surface area contributed by atoms with Crippen LogP contribution in [0.4, 0.5) is 13.2 Å². The Morgan fingerprint density at radius 1 is 1.13 bits per heavy atom. The third kappa shape index (κ3) is 6.29. The molecule has 2 heterocycles. The van der Waals surface area contributed by atoms with Gasteiger partial charge in [0.25, 0.3) is 0 Å². The molecule has 1 aliphatic heterocycles. The molecule has 1 aromatic heterocycles. The van der Waals surface area contributed by atoms with Crippen LogP contribution in [0.2, 0.25) is 0 Å². The van der Waals surface area contributed by atoms with Crippen molar-refractivity contribution in [1.82, 2.24) is 9.88 Å². The van der Waals surface area contributed by atoms with Gasteiger partial charge in [-0.15, -0.1) is 0 Å². The van der Waals surface area contributed by atoms with Crippen LogP contribution in [0.3, 0.4) is 0 Å². The van der Waals surface area contributed by atoms with E-state index in [-0.39, 0.29) is 30.6 Å². The largest absolute Gasteiger partial charge is 0.497 e. The number of aliphatic hydroxyl groups excluding tert-OH is 2. The summed E-state index contributed by atoms with van der Waals surface area (Å²) in [6.07, 6.45) is 4.29. The Hall–Kier alpha value is -2.72. The molecule has 1 saturated heterocycles. The highest BCUT2D eigenvalue weighted by atomic mass is 19.1. The molecule has 0 bridgehead atoms. The maximum Gasteiger partial charge on any atom is 0.132 e. The Bertz CT molecular complexity index is 1220. The average Bonchev–Trinajstić information content (AvgIpc) is 2.92. The minimum Gasteiger partial charge on any atom is -0.497 e. The summed E-state index contributed by atoms with van der Waals surface area (Å²) in [5.41, 5.74) is 7.86. The molecular weight excluding hydrogens is 495 g/mol. The molecule has 0 spiro atoms. The number of nitrogens with zero attached hydrogens (tertiary/aromatic N) is 2. The summed E-state index contributed by atoms with van der Waals surface area (Å²) in [5.74, 6) is -1.94. The standard InChI is InChI=1S/C29H36F3N3O3/c1-38-21-4-5-26-23(15-21)28(19(16-33)17-34-26)27(37)6-7-29(18-36)8-11-35(12-9-29)10-2-3-22-24(31)13-20(30)14-25(22)32/h4-5,13-15,17,27,36-37H,2-3,6-12,16,18,33H2,1H3/t27-/m0/s1. The van der Waals surface area contributed by atoms with Gasteiger partial charge in [0.2, 0.25) is 0 Å². The van der Waals surface area contributed by atoms with Crippen molar-refractivity contribution in [1.29, 1.82) is 0 Å². The Morgan fingerprint density at radius 3 is 2.47 bits per heavy atom. The maximum absolute atomic E-state index is 13.9. The van der Waals surface area contributed by atoms with E-state index in [1.807, 2.05) is 18.2 Å². The molecule has 2 aromatic carbocycles. The molecule has 0 aliphatic carbocycles. The number of piperidine rings is 1. The van der Waals surface area contributed by atoms with E-state index >= 15 is 0 Å². The smallest absolute Gasteiger partial charge is 0.132 e. The molecule has 1 fully saturated rings. The summed E-state index contributed by atoms with van der Waals surface area (Å²) >= 11 is 0. The van der Waals surface area contributed by atoms with Crippen LogP contribution in [0.5, 0.6) is 5.75 Å². The van der Waals surface area contributed by atoms with Crippen LogP contribution in [-0.2, 0) is 13.0 Å². The number of hydrogen-bond acceptors (Lipinski definition) is 6. The second kappa shape index (κ2) is 12.4. The van der Waals surface area contributed by atoms with Crippen LogP contribution in [0, 0.1) is 22.9 Å². The number of hydrogen-bond donors (Lipinski definition) is 3. The highest BCUT2D eigenvalue weighted by molar-refractivity contribution is 5.85. The normalized spacial score (nSPS) is 16.6. The fourth-order valence-electron chi connectivity index (χ4n) is 5.53. The van der Waals surface area contributed by atoms with Gasteiger partial charge in [0.15, 0.2) is 0 Å². The molecule has 0 radical (unpaired) electrons. The molecule has 4 N–H and O–H groups in total. The first-order valence-corrected chi connectivity index (χ1v) is 13.1. The van der Waals surface area contributed by atoms with Gasteiger partial charge in [0.05, 0.1) is 18.7 Å². The molecule has 206 valence electrons. The molecule has 1 aliphatic rings. The third-order valence-electron chi connectivity index (χ3n) is 7.96. The van der Waals surface area contributed by atoms with Gasteiger partial charge < -0.3 is 25.6 Å². The lowest BCUT2D eigenvalue weighted by atomic mass is 9.74. The zero-order chi connectivity index (χ0) is 27.3. The molecular formula is C29H36F3N3O3. The molecule has 0 amide bonds. The van der Waals surface area contributed by atoms with Crippen molar-refractivity contribution >= 4 is 10.9 Å². The molecule has 0 unspecified atom stereocenters. The van der Waals surface area contributed by atoms with E-state index in [0.29, 0.717) is 43.7 Å². The Labute approximate surface area is 221 Å². The summed E-state index contributed by atoms with van der Waals surface area (Å²) in [5, 5.41) is 22.4. The zero-order valence-electron chi connectivity index (χ0n) is 21.7. The summed E-state index contributed by atoms with van der Waals surface area (Å²) in [6.45, 7) is 2.42. The second-order valence-electron chi connectivity index (χ2n) is 10.3. The number of rotatable bonds is 11. The Morgan fingerprint density at radius 2 is 1.84 bits per heavy atom. The van der Waals surface area contributed by atoms with Gasteiger partial charge in [0, 0.05) is 42.4 Å². The fraction of sp³-hybridized carbons (Fsp3) is 0.483. The predicted molar refractivity (Wildman–Crippen MR) is 140 cm³/mol. The molecule has 4 rings (SSSR count). The number of methoxy groups -OCH3 is 1. The molecule has 9 heteroatoms. The number of benzene rings is 2. The van der Waals surface area contributed by atoms with Gasteiger partial charge in [-0.3, -0.25) is 4.98 Å². The van der Waals surface area contributed by atoms with Crippen molar-refractivity contribution in [3.05, 3.63) is 70.7 Å². The van der Waals surface area contributed by atoms with E-state index in [1.165, 1.54) is 0 Å². The second-order valence-corrected chi connectivity index (χ2v) is 10.3. The third-order valence-corrected chi connectivity index (χ3v) is 7.96. The number of halogens is 3. The van der Waals surface area contributed by atoms with E-state index < -0.39 is 23.6 Å². The first kappa shape index (κ1) is 28.3. The molecule has 3 aromatic rings. The summed E-state index contributed by atoms with van der Waals surface area (Å²) in [4.78, 5) is 6.69. The minimum atomic E-state index is -0.915. The van der Waals surface area contributed by atoms with E-state index in [0.717, 1.165) is 48.0 Å². The molecule has 0 saturated carbocycles. The number of aliphatic hydroxyl groups is 2. The van der Waals surface area contributed by atoms with E-state index in [2.05, 4.69) is 9.88 Å². The lowest BCUT2D eigenvalue weighted by Crippen LogP contribution is -2.42. The topological polar surface area (TPSA) is 91.8 Å². The number of pyridine rings is 1. The van der Waals surface area contributed by atoms with Gasteiger partial charge in [-0.2, -0.15) is 0 Å². The van der Waals surface area contributed by atoms with Crippen molar-refractivity contribution in [3.63, 3.8) is 0 Å². The number of nitrogens with two attached hydrogens (primary N) is 1. The average molecular weight is 532 g/mol. The number of ether oxygens (including phenoxy) is 1. The quantitative estimate of drug-likeness (QED) is 0.334. The highest BCUT2D eigenvalue weighted by Crippen LogP contribution is 2.39. The Balaban J connectivity index is 1.35. The van der Waals surface area contributed by atoms with Crippen molar-refractivity contribution in [2.75, 3.05) is 33.4 Å². The van der Waals surface area contributed by atoms with Gasteiger partial charge >= 0.3 is 0 Å². The van der Waals surface area contributed by atoms with Gasteiger partial charge in [0.1, 0.15) is 23.2 Å². The van der Waals surface area contributed by atoms with Crippen LogP contribution in [0.1, 0.15) is 54.9 Å². The van der Waals surface area contributed by atoms with Crippen molar-refractivity contribution in [2.24, 2.45) is 11.1 Å². The fourth-order valence-corrected chi connectivity index (χ4v) is 5.53. The number of likely N-dealkylation sites (tertiary alicyclic amines) is 1. The summed E-state index contributed by atoms with van der Waals surface area (Å²) in [7, 11) is 1.59. The SMILES string of the molecule is COc1ccc2ncc(CN)c([C@@H](O)CCC3(CO)CCN(CCCc4c(F)cc(F)cc4F)CC3)c2c1. The minimum absolute atomic E-state index is 0.0220. The van der Waals surface area contributed by atoms with Crippen LogP contribution >= 0.6 is 0 Å². The molecule has 38 heavy (non-hydrogen) atoms. The summed E-state index contributed by atoms with van der Waals surface area (Å²) in [6, 6.07) is 6.98. The highest BCUT2D eigenvalue weighted by Gasteiger charge is 2.34. The zero-order valence-corrected chi connectivity index (χ0v) is 21.7. The van der Waals surface area contributed by atoms with Crippen LogP contribution in [0.15, 0.2) is 36.5 Å². The van der Waals surface area contributed by atoms with Crippen LogP contribution in [-0.4, -0.2) is 53.4 Å². The van der Waals surface area contributed by atoms with Crippen molar-refractivity contribution in [2.45, 2.75) is 51.2 Å². The van der Waals surface area contributed by atoms with Gasteiger partial charge in [-0.1, -0.05) is 0 Å². The van der Waals surface area contributed by atoms with Crippen LogP contribution in [0.25, 0.3) is 10.9 Å². The number of aromatic nitrogens is 1. The summed E-state index contributed by atoms with van der Waals surface area (Å²) < 4.78 is 46.3. The first-order valence-electron chi connectivity index (χ1n) is 13.1. The lowest BCUT2D eigenvalue weighted by Gasteiger charge is -2.41. The van der Waals surface area contributed by atoms with Gasteiger partial charge in [-0.05, 0) is 92.9 Å². The van der Waals surface area contributed by atoms with E-state index in [1.54, 1.807) is 13.3 Å². The Kier molecular flexibility index (Phi) is 9.25. The van der Waals surface area contributed by atoms with Gasteiger partial charge in [-0.25, -0.2) is 13.2 Å². The predicted octanol–water partition coefficient (Wildman–Crippen LogP) is 4.64.